The number of halogens is 1. The van der Waals surface area contributed by atoms with Gasteiger partial charge in [-0.1, -0.05) is 18.2 Å². The summed E-state index contributed by atoms with van der Waals surface area (Å²) in [6.45, 7) is 0. The molecule has 0 atom stereocenters. The van der Waals surface area contributed by atoms with Crippen molar-refractivity contribution in [3.63, 3.8) is 0 Å². The average molecular weight is 267 g/mol. The summed E-state index contributed by atoms with van der Waals surface area (Å²) in [5, 5.41) is 2.02. The van der Waals surface area contributed by atoms with E-state index in [-0.39, 0.29) is 0 Å². The molecule has 1 nitrogen and oxygen atoms in total. The number of hydrogen-bond acceptors (Lipinski definition) is 2. The number of hydrogen-bond donors (Lipinski definition) is 0. The van der Waals surface area contributed by atoms with Crippen LogP contribution in [0.1, 0.15) is 10.4 Å². The molecule has 70 valence electrons. The van der Waals surface area contributed by atoms with E-state index < -0.39 is 0 Å². The number of thiophene rings is 1. The highest BCUT2D eigenvalue weighted by Gasteiger charge is 2.04. The molecule has 0 saturated carbocycles. The van der Waals surface area contributed by atoms with Crippen LogP contribution < -0.4 is 0 Å². The van der Waals surface area contributed by atoms with Gasteiger partial charge in [-0.25, -0.2) is 0 Å². The fourth-order valence-corrected chi connectivity index (χ4v) is 2.85. The van der Waals surface area contributed by atoms with E-state index in [0.717, 1.165) is 21.2 Å². The van der Waals surface area contributed by atoms with Gasteiger partial charge >= 0.3 is 0 Å². The molecule has 0 aliphatic heterocycles. The third-order valence-corrected chi connectivity index (χ3v) is 3.79. The fourth-order valence-electron chi connectivity index (χ4n) is 1.25. The monoisotopic (exact) mass is 266 g/mol. The summed E-state index contributed by atoms with van der Waals surface area (Å²) in [4.78, 5) is 11.8. The van der Waals surface area contributed by atoms with E-state index in [1.54, 1.807) is 17.4 Å². The summed E-state index contributed by atoms with van der Waals surface area (Å²) < 4.78 is 1.07. The van der Waals surface area contributed by atoms with Gasteiger partial charge in [0.2, 0.25) is 0 Å². The van der Waals surface area contributed by atoms with Crippen LogP contribution >= 0.6 is 27.3 Å². The van der Waals surface area contributed by atoms with E-state index in [1.165, 1.54) is 0 Å². The second-order valence-electron chi connectivity index (χ2n) is 2.84. The quantitative estimate of drug-likeness (QED) is 0.752. The van der Waals surface area contributed by atoms with Gasteiger partial charge in [0.05, 0.1) is 0 Å². The minimum absolute atomic E-state index is 0.711. The lowest BCUT2D eigenvalue weighted by molar-refractivity contribution is 0.112. The lowest BCUT2D eigenvalue weighted by Gasteiger charge is -1.99. The smallest absolute Gasteiger partial charge is 0.150 e. The van der Waals surface area contributed by atoms with Crippen molar-refractivity contribution >= 4 is 33.6 Å². The van der Waals surface area contributed by atoms with Gasteiger partial charge in [-0.15, -0.1) is 11.3 Å². The number of benzene rings is 1. The summed E-state index contributed by atoms with van der Waals surface area (Å²) in [5.74, 6) is 0. The zero-order chi connectivity index (χ0) is 9.97. The second-order valence-corrected chi connectivity index (χ2v) is 4.61. The van der Waals surface area contributed by atoms with Gasteiger partial charge in [-0.3, -0.25) is 4.79 Å². The Morgan fingerprint density at radius 1 is 1.29 bits per heavy atom. The first-order valence-corrected chi connectivity index (χ1v) is 5.77. The van der Waals surface area contributed by atoms with Gasteiger partial charge in [0.1, 0.15) is 6.29 Å². The molecule has 2 aromatic rings. The molecule has 0 radical (unpaired) electrons. The maximum atomic E-state index is 10.6. The van der Waals surface area contributed by atoms with Crippen LogP contribution in [-0.2, 0) is 0 Å². The molecule has 0 bridgehead atoms. The molecular weight excluding hydrogens is 260 g/mol. The molecule has 0 unspecified atom stereocenters. The van der Waals surface area contributed by atoms with Crippen LogP contribution in [0.15, 0.2) is 40.2 Å². The maximum absolute atomic E-state index is 10.6. The van der Waals surface area contributed by atoms with Crippen molar-refractivity contribution in [2.75, 3.05) is 0 Å². The lowest BCUT2D eigenvalue weighted by Crippen LogP contribution is -1.80. The van der Waals surface area contributed by atoms with E-state index in [4.69, 9.17) is 0 Å². The third-order valence-electron chi connectivity index (χ3n) is 1.90. The van der Waals surface area contributed by atoms with E-state index >= 15 is 0 Å². The predicted octanol–water partition coefficient (Wildman–Crippen LogP) is 3.99. The molecule has 0 aliphatic rings. The summed E-state index contributed by atoms with van der Waals surface area (Å²) in [5.41, 5.74) is 1.79. The molecule has 1 heterocycles. The number of rotatable bonds is 2. The van der Waals surface area contributed by atoms with Crippen molar-refractivity contribution in [1.82, 2.24) is 0 Å². The first-order valence-electron chi connectivity index (χ1n) is 4.10. The van der Waals surface area contributed by atoms with E-state index in [9.17, 15) is 4.79 Å². The van der Waals surface area contributed by atoms with E-state index in [2.05, 4.69) is 15.9 Å². The summed E-state index contributed by atoms with van der Waals surface area (Å²) in [6.07, 6.45) is 0.866. The minimum Gasteiger partial charge on any atom is -0.298 e. The lowest BCUT2D eigenvalue weighted by atomic mass is 10.1. The fraction of sp³-hybridized carbons (Fsp3) is 0. The standard InChI is InChI=1S/C11H7BrOS/c12-10-4-5-14-11(10)9-3-1-2-8(6-9)7-13/h1-7H. The zero-order valence-electron chi connectivity index (χ0n) is 7.24. The van der Waals surface area contributed by atoms with Crippen LogP contribution in [0.5, 0.6) is 0 Å². The molecule has 1 aromatic heterocycles. The molecule has 0 amide bonds. The maximum Gasteiger partial charge on any atom is 0.150 e. The third kappa shape index (κ3) is 1.79. The Morgan fingerprint density at radius 2 is 2.14 bits per heavy atom. The van der Waals surface area contributed by atoms with Crippen LogP contribution in [0.3, 0.4) is 0 Å². The van der Waals surface area contributed by atoms with Crippen LogP contribution in [0, 0.1) is 0 Å². The van der Waals surface area contributed by atoms with Crippen LogP contribution in [0.25, 0.3) is 10.4 Å². The Kier molecular flexibility index (Phi) is 2.79. The SMILES string of the molecule is O=Cc1cccc(-c2sccc2Br)c1. The first kappa shape index (κ1) is 9.62. The molecule has 0 N–H and O–H groups in total. The molecule has 14 heavy (non-hydrogen) atoms. The van der Waals surface area contributed by atoms with E-state index in [0.29, 0.717) is 5.56 Å². The molecule has 1 aromatic carbocycles. The first-order chi connectivity index (χ1) is 6.81. The highest BCUT2D eigenvalue weighted by Crippen LogP contribution is 2.33. The largest absolute Gasteiger partial charge is 0.298 e. The van der Waals surface area contributed by atoms with Crippen molar-refractivity contribution in [3.8, 4) is 10.4 Å². The molecule has 0 saturated heterocycles. The molecule has 0 aliphatic carbocycles. The van der Waals surface area contributed by atoms with Gasteiger partial charge < -0.3 is 0 Å². The zero-order valence-corrected chi connectivity index (χ0v) is 9.64. The molecule has 0 fully saturated rings. The van der Waals surface area contributed by atoms with Crippen LogP contribution in [0.2, 0.25) is 0 Å². The van der Waals surface area contributed by atoms with Crippen molar-refractivity contribution in [3.05, 3.63) is 45.7 Å². The van der Waals surface area contributed by atoms with Crippen LogP contribution in [-0.4, -0.2) is 6.29 Å². The second kappa shape index (κ2) is 4.07. The van der Waals surface area contributed by atoms with Gasteiger partial charge in [0.25, 0.3) is 0 Å². The topological polar surface area (TPSA) is 17.1 Å². The normalized spacial score (nSPS) is 10.1. The van der Waals surface area contributed by atoms with Gasteiger partial charge in [-0.2, -0.15) is 0 Å². The highest BCUT2D eigenvalue weighted by atomic mass is 79.9. The Hall–Kier alpha value is -0.930. The van der Waals surface area contributed by atoms with Crippen molar-refractivity contribution < 1.29 is 4.79 Å². The Bertz CT molecular complexity index is 462. The highest BCUT2D eigenvalue weighted by molar-refractivity contribution is 9.10. The predicted molar refractivity (Wildman–Crippen MR) is 62.8 cm³/mol. The molecule has 2 rings (SSSR count). The van der Waals surface area contributed by atoms with Gasteiger partial charge in [-0.05, 0) is 39.0 Å². The summed E-state index contributed by atoms with van der Waals surface area (Å²) >= 11 is 5.13. The molecular formula is C11H7BrOS. The summed E-state index contributed by atoms with van der Waals surface area (Å²) in [7, 11) is 0. The minimum atomic E-state index is 0.711. The van der Waals surface area contributed by atoms with Crippen LogP contribution in [0.4, 0.5) is 0 Å². The van der Waals surface area contributed by atoms with E-state index in [1.807, 2.05) is 29.6 Å². The molecule has 0 spiro atoms. The number of aldehydes is 1. The Balaban J connectivity index is 2.52. The van der Waals surface area contributed by atoms with Crippen molar-refractivity contribution in [2.45, 2.75) is 0 Å². The van der Waals surface area contributed by atoms with Gasteiger partial charge in [0.15, 0.2) is 0 Å². The van der Waals surface area contributed by atoms with Gasteiger partial charge in [0, 0.05) is 14.9 Å². The number of carbonyl (C=O) groups is 1. The summed E-state index contributed by atoms with van der Waals surface area (Å²) in [6, 6.07) is 9.60. The average Bonchev–Trinajstić information content (AvgIpc) is 2.65. The van der Waals surface area contributed by atoms with Crippen molar-refractivity contribution in [1.29, 1.82) is 0 Å². The van der Waals surface area contributed by atoms with Crippen molar-refractivity contribution in [2.24, 2.45) is 0 Å². The molecule has 3 heteroatoms. The Morgan fingerprint density at radius 3 is 2.79 bits per heavy atom. The Labute approximate surface area is 94.5 Å². The number of carbonyl (C=O) groups excluding carboxylic acids is 1.